The molecule has 1 heterocycles. The molecule has 0 aliphatic carbocycles. The van der Waals surface area contributed by atoms with E-state index in [9.17, 15) is 31.7 Å². The van der Waals surface area contributed by atoms with Crippen LogP contribution in [-0.4, -0.2) is 69.6 Å². The number of nitrogens with zero attached hydrogens (tertiary/aromatic N) is 4. The van der Waals surface area contributed by atoms with Crippen molar-refractivity contribution in [3.05, 3.63) is 94.5 Å². The average Bonchev–Trinajstić information content (AvgIpc) is 2.92. The van der Waals surface area contributed by atoms with Crippen molar-refractivity contribution in [2.24, 2.45) is 0 Å². The lowest BCUT2D eigenvalue weighted by molar-refractivity contribution is -0.384. The van der Waals surface area contributed by atoms with Crippen LogP contribution in [0.5, 0.6) is 0 Å². The number of amides is 1. The van der Waals surface area contributed by atoms with Crippen LogP contribution in [0.25, 0.3) is 0 Å². The Morgan fingerprint density at radius 2 is 1.42 bits per heavy atom. The molecule has 11 nitrogen and oxygen atoms in total. The van der Waals surface area contributed by atoms with Crippen molar-refractivity contribution in [2.45, 2.75) is 16.7 Å². The van der Waals surface area contributed by atoms with E-state index in [-0.39, 0.29) is 47.3 Å². The highest BCUT2D eigenvalue weighted by atomic mass is 32.2. The second-order valence-electron chi connectivity index (χ2n) is 8.70. The number of hydrogen-bond donors (Lipinski definition) is 0. The summed E-state index contributed by atoms with van der Waals surface area (Å²) < 4.78 is 55.1. The summed E-state index contributed by atoms with van der Waals surface area (Å²) in [6.45, 7) is 1.60. The molecule has 0 aromatic heterocycles. The molecule has 0 bridgehead atoms. The summed E-state index contributed by atoms with van der Waals surface area (Å²) >= 11 is 0. The number of carbonyl (C=O) groups excluding carboxylic acids is 1. The normalized spacial score (nSPS) is 14.7. The van der Waals surface area contributed by atoms with Crippen LogP contribution in [0.4, 0.5) is 11.4 Å². The van der Waals surface area contributed by atoms with Gasteiger partial charge in [-0.2, -0.15) is 4.31 Å². The van der Waals surface area contributed by atoms with Crippen molar-refractivity contribution in [3.8, 4) is 0 Å². The average molecular weight is 559 g/mol. The maximum Gasteiger partial charge on any atom is 0.269 e. The molecule has 1 aliphatic rings. The van der Waals surface area contributed by atoms with E-state index in [1.807, 2.05) is 6.92 Å². The van der Waals surface area contributed by atoms with E-state index in [4.69, 9.17) is 0 Å². The van der Waals surface area contributed by atoms with Gasteiger partial charge in [-0.15, -0.1) is 0 Å². The Hall–Kier alpha value is -3.81. The third kappa shape index (κ3) is 5.69. The number of benzene rings is 3. The zero-order chi connectivity index (χ0) is 27.5. The lowest BCUT2D eigenvalue weighted by atomic mass is 10.2. The molecule has 3 aromatic carbocycles. The molecule has 0 radical (unpaired) electrons. The quantitative estimate of drug-likeness (QED) is 0.306. The first-order valence-electron chi connectivity index (χ1n) is 11.7. The molecule has 1 amide bonds. The van der Waals surface area contributed by atoms with Gasteiger partial charge in [0.2, 0.25) is 15.9 Å². The monoisotopic (exact) mass is 558 g/mol. The van der Waals surface area contributed by atoms with Crippen molar-refractivity contribution in [3.63, 3.8) is 0 Å². The van der Waals surface area contributed by atoms with Crippen molar-refractivity contribution < 1.29 is 26.6 Å². The van der Waals surface area contributed by atoms with Gasteiger partial charge in [0.05, 0.1) is 20.4 Å². The SMILES string of the molecule is Cc1ccc(S(=O)(=O)N2CCN(C(=O)CN(c3ccc([N+](=O)[O-])cc3)S(=O)(=O)c3ccccc3)CC2)cc1. The molecule has 0 spiro atoms. The summed E-state index contributed by atoms with van der Waals surface area (Å²) in [6.07, 6.45) is 0. The molecule has 0 unspecified atom stereocenters. The second-order valence-corrected chi connectivity index (χ2v) is 12.5. The van der Waals surface area contributed by atoms with Crippen molar-refractivity contribution in [1.82, 2.24) is 9.21 Å². The Kier molecular flexibility index (Phi) is 7.81. The van der Waals surface area contributed by atoms with Gasteiger partial charge in [0, 0.05) is 38.3 Å². The molecule has 200 valence electrons. The number of rotatable bonds is 8. The number of aryl methyl sites for hydroxylation is 1. The minimum absolute atomic E-state index is 0.0415. The van der Waals surface area contributed by atoms with Crippen molar-refractivity contribution >= 4 is 37.3 Å². The van der Waals surface area contributed by atoms with Crippen LogP contribution in [0.2, 0.25) is 0 Å². The molecule has 0 saturated carbocycles. The molecule has 4 rings (SSSR count). The fraction of sp³-hybridized carbons (Fsp3) is 0.240. The predicted molar refractivity (Wildman–Crippen MR) is 141 cm³/mol. The van der Waals surface area contributed by atoms with Crippen LogP contribution in [0.1, 0.15) is 5.56 Å². The Labute approximate surface area is 221 Å². The fourth-order valence-corrected chi connectivity index (χ4v) is 6.89. The van der Waals surface area contributed by atoms with Gasteiger partial charge in [-0.25, -0.2) is 16.8 Å². The van der Waals surface area contributed by atoms with E-state index in [0.717, 1.165) is 9.87 Å². The molecule has 0 N–H and O–H groups in total. The third-order valence-corrected chi connectivity index (χ3v) is 9.91. The standard InChI is InChI=1S/C25H26N4O7S2/c1-20-7-13-24(14-8-20)37(33,34)27-17-15-26(16-18-27)25(30)19-28(21-9-11-22(12-10-21)29(31)32)38(35,36)23-5-3-2-4-6-23/h2-14H,15-19H2,1H3. The summed E-state index contributed by atoms with van der Waals surface area (Å²) in [4.78, 5) is 25.2. The van der Waals surface area contributed by atoms with Crippen LogP contribution in [-0.2, 0) is 24.8 Å². The van der Waals surface area contributed by atoms with Crippen LogP contribution < -0.4 is 4.31 Å². The van der Waals surface area contributed by atoms with Crippen LogP contribution in [0.3, 0.4) is 0 Å². The number of non-ortho nitro benzene ring substituents is 1. The summed E-state index contributed by atoms with van der Waals surface area (Å²) in [5, 5.41) is 11.1. The highest BCUT2D eigenvalue weighted by Crippen LogP contribution is 2.26. The molecular formula is C25H26N4O7S2. The highest BCUT2D eigenvalue weighted by molar-refractivity contribution is 7.92. The lowest BCUT2D eigenvalue weighted by Crippen LogP contribution is -2.53. The van der Waals surface area contributed by atoms with Gasteiger partial charge in [0.15, 0.2) is 0 Å². The molecule has 3 aromatic rings. The number of hydrogen-bond acceptors (Lipinski definition) is 7. The first kappa shape index (κ1) is 27.2. The zero-order valence-electron chi connectivity index (χ0n) is 20.5. The number of anilines is 1. The Balaban J connectivity index is 1.53. The maximum atomic E-state index is 13.5. The Bertz CT molecular complexity index is 1520. The number of nitro groups is 1. The zero-order valence-corrected chi connectivity index (χ0v) is 22.1. The molecular weight excluding hydrogens is 532 g/mol. The van der Waals surface area contributed by atoms with Gasteiger partial charge in [0.1, 0.15) is 6.54 Å². The predicted octanol–water partition coefficient (Wildman–Crippen LogP) is 2.63. The van der Waals surface area contributed by atoms with Crippen LogP contribution in [0.15, 0.2) is 88.7 Å². The smallest absolute Gasteiger partial charge is 0.269 e. The van der Waals surface area contributed by atoms with E-state index < -0.39 is 37.4 Å². The van der Waals surface area contributed by atoms with Crippen LogP contribution >= 0.6 is 0 Å². The van der Waals surface area contributed by atoms with Gasteiger partial charge >= 0.3 is 0 Å². The maximum absolute atomic E-state index is 13.5. The molecule has 0 atom stereocenters. The number of carbonyl (C=O) groups is 1. The van der Waals surface area contributed by atoms with E-state index >= 15 is 0 Å². The fourth-order valence-electron chi connectivity index (χ4n) is 4.04. The topological polar surface area (TPSA) is 138 Å². The van der Waals surface area contributed by atoms with E-state index in [1.54, 1.807) is 42.5 Å². The van der Waals surface area contributed by atoms with E-state index in [2.05, 4.69) is 0 Å². The minimum Gasteiger partial charge on any atom is -0.338 e. The molecule has 38 heavy (non-hydrogen) atoms. The van der Waals surface area contributed by atoms with Crippen molar-refractivity contribution in [1.29, 1.82) is 0 Å². The van der Waals surface area contributed by atoms with Crippen molar-refractivity contribution in [2.75, 3.05) is 37.0 Å². The van der Waals surface area contributed by atoms with E-state index in [1.165, 1.54) is 45.6 Å². The molecule has 13 heteroatoms. The molecule has 1 aliphatic heterocycles. The summed E-state index contributed by atoms with van der Waals surface area (Å²) in [6, 6.07) is 19.0. The van der Waals surface area contributed by atoms with E-state index in [0.29, 0.717) is 0 Å². The Morgan fingerprint density at radius 1 is 0.842 bits per heavy atom. The summed E-state index contributed by atoms with van der Waals surface area (Å²) in [5.74, 6) is -0.518. The third-order valence-electron chi connectivity index (χ3n) is 6.21. The van der Waals surface area contributed by atoms with Crippen LogP contribution in [0, 0.1) is 17.0 Å². The first-order valence-corrected chi connectivity index (χ1v) is 14.5. The highest BCUT2D eigenvalue weighted by Gasteiger charge is 2.33. The molecule has 1 saturated heterocycles. The largest absolute Gasteiger partial charge is 0.338 e. The van der Waals surface area contributed by atoms with Gasteiger partial charge in [-0.3, -0.25) is 19.2 Å². The van der Waals surface area contributed by atoms with Gasteiger partial charge in [0.25, 0.3) is 15.7 Å². The minimum atomic E-state index is -4.18. The lowest BCUT2D eigenvalue weighted by Gasteiger charge is -2.35. The summed E-state index contributed by atoms with van der Waals surface area (Å²) in [7, 11) is -7.92. The number of piperazine rings is 1. The number of sulfonamides is 2. The molecule has 1 fully saturated rings. The van der Waals surface area contributed by atoms with Gasteiger partial charge in [-0.05, 0) is 43.3 Å². The number of nitro benzene ring substituents is 1. The first-order chi connectivity index (χ1) is 18.0. The van der Waals surface area contributed by atoms with Gasteiger partial charge < -0.3 is 4.90 Å². The Morgan fingerprint density at radius 3 is 1.97 bits per heavy atom. The summed E-state index contributed by atoms with van der Waals surface area (Å²) in [5.41, 5.74) is 0.804. The van der Waals surface area contributed by atoms with Gasteiger partial charge in [-0.1, -0.05) is 35.9 Å². The second kappa shape index (κ2) is 10.9.